The molecule has 0 unspecified atom stereocenters. The first-order chi connectivity index (χ1) is 11.0. The summed E-state index contributed by atoms with van der Waals surface area (Å²) in [5.41, 5.74) is 1.91. The fourth-order valence-corrected chi connectivity index (χ4v) is 3.76. The number of hydrogen-bond acceptors (Lipinski definition) is 3. The lowest BCUT2D eigenvalue weighted by Gasteiger charge is -2.45. The van der Waals surface area contributed by atoms with Crippen LogP contribution in [0.2, 0.25) is 0 Å². The van der Waals surface area contributed by atoms with Crippen LogP contribution >= 0.6 is 0 Å². The smallest absolute Gasteiger partial charge is 0.121 e. The van der Waals surface area contributed by atoms with Gasteiger partial charge in [-0.15, -0.1) is 0 Å². The topological polar surface area (TPSA) is 43.7 Å². The molecular weight excluding hydrogens is 286 g/mol. The average molecular weight is 319 g/mol. The lowest BCUT2D eigenvalue weighted by atomic mass is 9.68. The fourth-order valence-electron chi connectivity index (χ4n) is 3.76. The molecule has 1 heterocycles. The Hall–Kier alpha value is -1.06. The second kappa shape index (κ2) is 8.16. The first-order valence-electron chi connectivity index (χ1n) is 9.17. The highest BCUT2D eigenvalue weighted by Gasteiger charge is 2.38. The predicted octanol–water partition coefficient (Wildman–Crippen LogP) is 4.06. The lowest BCUT2D eigenvalue weighted by Crippen LogP contribution is -2.47. The summed E-state index contributed by atoms with van der Waals surface area (Å²) in [6.07, 6.45) is 6.41. The van der Waals surface area contributed by atoms with Gasteiger partial charge in [-0.25, -0.2) is 0 Å². The number of rotatable bonds is 7. The quantitative estimate of drug-likeness (QED) is 0.745. The van der Waals surface area contributed by atoms with Crippen LogP contribution in [-0.4, -0.2) is 34.7 Å². The van der Waals surface area contributed by atoms with E-state index in [1.54, 1.807) is 0 Å². The van der Waals surface area contributed by atoms with Crippen molar-refractivity contribution >= 4 is 0 Å². The first-order valence-corrected chi connectivity index (χ1v) is 9.17. The average Bonchev–Trinajstić information content (AvgIpc) is 2.55. The zero-order valence-electron chi connectivity index (χ0n) is 15.0. The molecule has 3 heteroatoms. The van der Waals surface area contributed by atoms with Crippen molar-refractivity contribution in [3.05, 3.63) is 29.3 Å². The highest BCUT2D eigenvalue weighted by Crippen LogP contribution is 2.40. The minimum absolute atomic E-state index is 0.103. The number of unbranched alkanes of at least 4 members (excludes halogenated alkanes) is 3. The first kappa shape index (κ1) is 18.3. The second-order valence-corrected chi connectivity index (χ2v) is 7.43. The molecule has 23 heavy (non-hydrogen) atoms. The van der Waals surface area contributed by atoms with Gasteiger partial charge in [-0.3, -0.25) is 0 Å². The van der Waals surface area contributed by atoms with Gasteiger partial charge in [0.05, 0.1) is 6.61 Å². The van der Waals surface area contributed by atoms with Crippen molar-refractivity contribution < 1.29 is 10.2 Å². The van der Waals surface area contributed by atoms with E-state index < -0.39 is 0 Å². The van der Waals surface area contributed by atoms with E-state index in [0.29, 0.717) is 11.5 Å². The maximum absolute atomic E-state index is 10.1. The largest absolute Gasteiger partial charge is 0.508 e. The fraction of sp³-hybridized carbons (Fsp3) is 0.700. The zero-order valence-corrected chi connectivity index (χ0v) is 15.0. The summed E-state index contributed by atoms with van der Waals surface area (Å²) in [6, 6.07) is 5.80. The number of aliphatic hydroxyl groups is 1. The molecule has 0 radical (unpaired) electrons. The number of hydrogen-bond donors (Lipinski definition) is 2. The third-order valence-corrected chi connectivity index (χ3v) is 5.81. The van der Waals surface area contributed by atoms with Crippen molar-refractivity contribution in [1.82, 2.24) is 4.90 Å². The van der Waals surface area contributed by atoms with E-state index in [4.69, 9.17) is 0 Å². The molecule has 2 atom stereocenters. The van der Waals surface area contributed by atoms with Gasteiger partial charge in [-0.05, 0) is 48.9 Å². The van der Waals surface area contributed by atoms with Gasteiger partial charge in [0.25, 0.3) is 0 Å². The predicted molar refractivity (Wildman–Crippen MR) is 95.7 cm³/mol. The van der Waals surface area contributed by atoms with Crippen molar-refractivity contribution in [2.24, 2.45) is 5.92 Å². The summed E-state index contributed by atoms with van der Waals surface area (Å²) in [5.74, 6) is 0.780. The maximum Gasteiger partial charge on any atom is 0.121 e. The molecule has 0 aliphatic carbocycles. The number of likely N-dealkylation sites (tertiary alicyclic amines) is 1. The highest BCUT2D eigenvalue weighted by atomic mass is 16.3. The molecule has 0 amide bonds. The van der Waals surface area contributed by atoms with E-state index >= 15 is 0 Å². The molecule has 1 aliphatic rings. The van der Waals surface area contributed by atoms with E-state index in [9.17, 15) is 10.2 Å². The third kappa shape index (κ3) is 4.27. The molecule has 2 N–H and O–H groups in total. The van der Waals surface area contributed by atoms with Crippen molar-refractivity contribution in [2.45, 2.75) is 64.9 Å². The van der Waals surface area contributed by atoms with E-state index in [1.807, 2.05) is 12.1 Å². The Morgan fingerprint density at radius 1 is 1.26 bits per heavy atom. The Bertz CT molecular complexity index is 502. The molecule has 0 bridgehead atoms. The Balaban J connectivity index is 1.99. The molecule has 2 rings (SSSR count). The summed E-state index contributed by atoms with van der Waals surface area (Å²) in [5, 5.41) is 19.3. The van der Waals surface area contributed by atoms with Crippen molar-refractivity contribution in [1.29, 1.82) is 0 Å². The molecule has 1 fully saturated rings. The summed E-state index contributed by atoms with van der Waals surface area (Å²) in [6.45, 7) is 10.3. The van der Waals surface area contributed by atoms with Crippen LogP contribution in [0.25, 0.3) is 0 Å². The minimum atomic E-state index is -0.107. The number of phenols is 1. The molecule has 1 aliphatic heterocycles. The van der Waals surface area contributed by atoms with Crippen LogP contribution in [0.5, 0.6) is 5.75 Å². The van der Waals surface area contributed by atoms with E-state index in [0.717, 1.165) is 19.5 Å². The molecule has 1 saturated heterocycles. The number of aromatic hydroxyl groups is 1. The van der Waals surface area contributed by atoms with E-state index in [-0.39, 0.29) is 17.8 Å². The van der Waals surface area contributed by atoms with Gasteiger partial charge in [0.1, 0.15) is 5.75 Å². The Kier molecular flexibility index (Phi) is 6.49. The zero-order chi connectivity index (χ0) is 16.9. The summed E-state index contributed by atoms with van der Waals surface area (Å²) >= 11 is 0. The molecule has 3 nitrogen and oxygen atoms in total. The molecule has 1 aromatic rings. The summed E-state index contributed by atoms with van der Waals surface area (Å²) in [7, 11) is 0. The van der Waals surface area contributed by atoms with Gasteiger partial charge in [0.15, 0.2) is 0 Å². The minimum Gasteiger partial charge on any atom is -0.508 e. The molecular formula is C20H33NO2. The normalized spacial score (nSPS) is 25.7. The van der Waals surface area contributed by atoms with E-state index in [2.05, 4.69) is 31.7 Å². The number of benzene rings is 1. The Labute approximate surface area is 141 Å². The summed E-state index contributed by atoms with van der Waals surface area (Å²) < 4.78 is 0. The lowest BCUT2D eigenvalue weighted by molar-refractivity contribution is 0.109. The van der Waals surface area contributed by atoms with Gasteiger partial charge in [-0.1, -0.05) is 52.2 Å². The molecule has 1 aromatic carbocycles. The van der Waals surface area contributed by atoms with Crippen LogP contribution in [0.15, 0.2) is 18.2 Å². The van der Waals surface area contributed by atoms with E-state index in [1.165, 1.54) is 37.8 Å². The van der Waals surface area contributed by atoms with Gasteiger partial charge in [0.2, 0.25) is 0 Å². The van der Waals surface area contributed by atoms with Crippen LogP contribution in [0.3, 0.4) is 0 Å². The Morgan fingerprint density at radius 3 is 2.65 bits per heavy atom. The summed E-state index contributed by atoms with van der Waals surface area (Å²) in [4.78, 5) is 2.60. The van der Waals surface area contributed by atoms with Crippen molar-refractivity contribution in [2.75, 3.05) is 19.6 Å². The third-order valence-electron chi connectivity index (χ3n) is 5.81. The van der Waals surface area contributed by atoms with Crippen LogP contribution < -0.4 is 0 Å². The molecule has 0 aromatic heterocycles. The highest BCUT2D eigenvalue weighted by molar-refractivity contribution is 5.39. The standard InChI is InChI=1S/C20H33NO2/c1-4-5-6-7-11-21-12-10-20(3,16(2)14-21)18-9-8-17(15-22)19(23)13-18/h8-9,13,16,22-23H,4-7,10-12,14-15H2,1-3H3/t16-,20-/m0/s1. The Morgan fingerprint density at radius 2 is 2.04 bits per heavy atom. The number of piperidine rings is 1. The SMILES string of the molecule is CCCCCCN1CC[C@](C)(c2ccc(CO)c(O)c2)[C@@H](C)C1. The van der Waals surface area contributed by atoms with Crippen LogP contribution in [-0.2, 0) is 12.0 Å². The van der Waals surface area contributed by atoms with Gasteiger partial charge >= 0.3 is 0 Å². The monoisotopic (exact) mass is 319 g/mol. The maximum atomic E-state index is 10.1. The van der Waals surface area contributed by atoms with Gasteiger partial charge in [0, 0.05) is 12.1 Å². The molecule has 0 spiro atoms. The van der Waals surface area contributed by atoms with Crippen LogP contribution in [0.1, 0.15) is 64.0 Å². The van der Waals surface area contributed by atoms with Crippen molar-refractivity contribution in [3.8, 4) is 5.75 Å². The van der Waals surface area contributed by atoms with Crippen LogP contribution in [0.4, 0.5) is 0 Å². The number of nitrogens with zero attached hydrogens (tertiary/aromatic N) is 1. The van der Waals surface area contributed by atoms with Crippen LogP contribution in [0, 0.1) is 5.92 Å². The number of aliphatic hydroxyl groups excluding tert-OH is 1. The second-order valence-electron chi connectivity index (χ2n) is 7.43. The molecule has 130 valence electrons. The van der Waals surface area contributed by atoms with Crippen molar-refractivity contribution in [3.63, 3.8) is 0 Å². The van der Waals surface area contributed by atoms with Gasteiger partial charge in [-0.2, -0.15) is 0 Å². The molecule has 0 saturated carbocycles. The van der Waals surface area contributed by atoms with Gasteiger partial charge < -0.3 is 15.1 Å².